The maximum absolute atomic E-state index is 12.5. The lowest BCUT2D eigenvalue weighted by molar-refractivity contribution is 0.101. The zero-order valence-electron chi connectivity index (χ0n) is 15.5. The van der Waals surface area contributed by atoms with E-state index in [2.05, 4.69) is 20.4 Å². The molecule has 0 saturated heterocycles. The summed E-state index contributed by atoms with van der Waals surface area (Å²) in [5.41, 5.74) is 1.60. The highest BCUT2D eigenvalue weighted by Crippen LogP contribution is 2.35. The van der Waals surface area contributed by atoms with Gasteiger partial charge in [0.1, 0.15) is 13.2 Å². The van der Waals surface area contributed by atoms with E-state index in [1.807, 2.05) is 29.6 Å². The summed E-state index contributed by atoms with van der Waals surface area (Å²) >= 11 is 1.27. The van der Waals surface area contributed by atoms with Crippen LogP contribution in [0.25, 0.3) is 16.9 Å². The van der Waals surface area contributed by atoms with Gasteiger partial charge in [0.05, 0.1) is 11.4 Å². The SMILES string of the molecule is O=C(Nc1nc(-c2ccc3c(c2)OCCO3)cs1)c1nn(-c2ccccc2)c(=O)[nH]1. The van der Waals surface area contributed by atoms with E-state index >= 15 is 0 Å². The minimum atomic E-state index is -0.551. The van der Waals surface area contributed by atoms with Crippen LogP contribution in [0.15, 0.2) is 58.7 Å². The van der Waals surface area contributed by atoms with E-state index in [0.717, 1.165) is 10.2 Å². The Labute approximate surface area is 173 Å². The second-order valence-electron chi connectivity index (χ2n) is 6.38. The Hall–Kier alpha value is -3.92. The first-order chi connectivity index (χ1) is 14.7. The molecule has 30 heavy (non-hydrogen) atoms. The summed E-state index contributed by atoms with van der Waals surface area (Å²) < 4.78 is 12.3. The molecule has 150 valence electrons. The molecule has 4 aromatic rings. The van der Waals surface area contributed by atoms with Crippen molar-refractivity contribution >= 4 is 22.4 Å². The minimum Gasteiger partial charge on any atom is -0.486 e. The van der Waals surface area contributed by atoms with Crippen molar-refractivity contribution in [3.8, 4) is 28.4 Å². The first-order valence-electron chi connectivity index (χ1n) is 9.09. The van der Waals surface area contributed by atoms with Gasteiger partial charge in [-0.2, -0.15) is 4.68 Å². The number of nitrogens with one attached hydrogen (secondary N) is 2. The number of ether oxygens (including phenoxy) is 2. The van der Waals surface area contributed by atoms with Gasteiger partial charge in [0.2, 0.25) is 5.82 Å². The molecule has 0 unspecified atom stereocenters. The summed E-state index contributed by atoms with van der Waals surface area (Å²) in [6.45, 7) is 1.03. The van der Waals surface area contributed by atoms with Crippen LogP contribution >= 0.6 is 11.3 Å². The number of aromatic amines is 1. The van der Waals surface area contributed by atoms with Gasteiger partial charge in [0.25, 0.3) is 5.91 Å². The monoisotopic (exact) mass is 421 g/mol. The number of hydrogen-bond donors (Lipinski definition) is 2. The van der Waals surface area contributed by atoms with Crippen molar-refractivity contribution < 1.29 is 14.3 Å². The number of para-hydroxylation sites is 1. The summed E-state index contributed by atoms with van der Waals surface area (Å²) in [5.74, 6) is 0.720. The smallest absolute Gasteiger partial charge is 0.348 e. The number of H-pyrrole nitrogens is 1. The Kier molecular flexibility index (Phi) is 4.52. The fourth-order valence-corrected chi connectivity index (χ4v) is 3.71. The molecule has 0 bridgehead atoms. The van der Waals surface area contributed by atoms with Gasteiger partial charge >= 0.3 is 5.69 Å². The summed E-state index contributed by atoms with van der Waals surface area (Å²) in [7, 11) is 0. The molecule has 10 heteroatoms. The zero-order valence-corrected chi connectivity index (χ0v) is 16.3. The largest absolute Gasteiger partial charge is 0.486 e. The molecule has 0 saturated carbocycles. The number of carbonyl (C=O) groups is 1. The van der Waals surface area contributed by atoms with Gasteiger partial charge in [0, 0.05) is 10.9 Å². The Morgan fingerprint density at radius 3 is 2.73 bits per heavy atom. The average Bonchev–Trinajstić information content (AvgIpc) is 3.41. The normalized spacial score (nSPS) is 12.5. The number of carbonyl (C=O) groups excluding carboxylic acids is 1. The van der Waals surface area contributed by atoms with Crippen molar-refractivity contribution in [2.24, 2.45) is 0 Å². The first kappa shape index (κ1) is 18.1. The second-order valence-corrected chi connectivity index (χ2v) is 7.23. The fourth-order valence-electron chi connectivity index (χ4n) is 2.99. The number of nitrogens with zero attached hydrogens (tertiary/aromatic N) is 3. The van der Waals surface area contributed by atoms with E-state index in [0.29, 0.717) is 41.2 Å². The molecule has 1 aliphatic rings. The van der Waals surface area contributed by atoms with Gasteiger partial charge in [-0.1, -0.05) is 18.2 Å². The molecule has 0 radical (unpaired) electrons. The molecule has 5 rings (SSSR count). The maximum Gasteiger partial charge on any atom is 0.348 e. The highest BCUT2D eigenvalue weighted by Gasteiger charge is 2.17. The molecule has 1 aliphatic heterocycles. The first-order valence-corrected chi connectivity index (χ1v) is 9.97. The quantitative estimate of drug-likeness (QED) is 0.524. The van der Waals surface area contributed by atoms with Crippen molar-refractivity contribution in [3.05, 3.63) is 70.2 Å². The maximum atomic E-state index is 12.5. The summed E-state index contributed by atoms with van der Waals surface area (Å²) in [5, 5.41) is 8.96. The lowest BCUT2D eigenvalue weighted by atomic mass is 10.1. The molecule has 0 fully saturated rings. The van der Waals surface area contributed by atoms with Crippen LogP contribution < -0.4 is 20.5 Å². The lowest BCUT2D eigenvalue weighted by Crippen LogP contribution is -2.15. The summed E-state index contributed by atoms with van der Waals surface area (Å²) in [6, 6.07) is 14.4. The third kappa shape index (κ3) is 3.44. The van der Waals surface area contributed by atoms with E-state index in [-0.39, 0.29) is 5.82 Å². The van der Waals surface area contributed by atoms with Crippen LogP contribution in [0, 0.1) is 0 Å². The number of fused-ring (bicyclic) bond motifs is 1. The average molecular weight is 421 g/mol. The molecule has 3 heterocycles. The third-order valence-corrected chi connectivity index (χ3v) is 5.15. The summed E-state index contributed by atoms with van der Waals surface area (Å²) in [4.78, 5) is 31.6. The fraction of sp³-hybridized carbons (Fsp3) is 0.100. The predicted molar refractivity (Wildman–Crippen MR) is 111 cm³/mol. The Morgan fingerprint density at radius 2 is 1.90 bits per heavy atom. The molecule has 9 nitrogen and oxygen atoms in total. The number of thiazole rings is 1. The van der Waals surface area contributed by atoms with Crippen LogP contribution in [-0.2, 0) is 0 Å². The molecule has 2 N–H and O–H groups in total. The van der Waals surface area contributed by atoms with Crippen LogP contribution in [0.1, 0.15) is 10.6 Å². The van der Waals surface area contributed by atoms with Gasteiger partial charge in [-0.05, 0) is 30.3 Å². The number of hydrogen-bond acceptors (Lipinski definition) is 7. The van der Waals surface area contributed by atoms with Crippen molar-refractivity contribution in [3.63, 3.8) is 0 Å². The van der Waals surface area contributed by atoms with Gasteiger partial charge < -0.3 is 9.47 Å². The van der Waals surface area contributed by atoms with Gasteiger partial charge in [-0.3, -0.25) is 15.1 Å². The number of anilines is 1. The van der Waals surface area contributed by atoms with Gasteiger partial charge in [-0.25, -0.2) is 9.78 Å². The standard InChI is InChI=1S/C20H15N5O4S/c26-18(17-22-20(27)25(24-17)13-4-2-1-3-5-13)23-19-21-14(11-30-19)12-6-7-15-16(10-12)29-9-8-28-15/h1-7,10-11H,8-9H2,(H,21,23,26)(H,22,24,27). The van der Waals surface area contributed by atoms with Crippen LogP contribution in [0.2, 0.25) is 0 Å². The molecular weight excluding hydrogens is 406 g/mol. The Morgan fingerprint density at radius 1 is 1.10 bits per heavy atom. The number of aromatic nitrogens is 4. The third-order valence-electron chi connectivity index (χ3n) is 4.40. The van der Waals surface area contributed by atoms with Crippen LogP contribution in [0.4, 0.5) is 5.13 Å². The molecule has 2 aromatic heterocycles. The van der Waals surface area contributed by atoms with E-state index in [1.165, 1.54) is 11.3 Å². The zero-order chi connectivity index (χ0) is 20.5. The van der Waals surface area contributed by atoms with E-state index in [1.54, 1.807) is 24.3 Å². The minimum absolute atomic E-state index is 0.0973. The molecule has 0 atom stereocenters. The van der Waals surface area contributed by atoms with Gasteiger partial charge in [-0.15, -0.1) is 16.4 Å². The van der Waals surface area contributed by atoms with Crippen molar-refractivity contribution in [1.82, 2.24) is 19.7 Å². The van der Waals surface area contributed by atoms with E-state index in [9.17, 15) is 9.59 Å². The molecular formula is C20H15N5O4S. The molecule has 0 spiro atoms. The Balaban J connectivity index is 1.34. The Bertz CT molecular complexity index is 1280. The molecule has 1 amide bonds. The van der Waals surface area contributed by atoms with Crippen LogP contribution in [0.5, 0.6) is 11.5 Å². The predicted octanol–water partition coefficient (Wildman–Crippen LogP) is 2.71. The number of amides is 1. The van der Waals surface area contributed by atoms with Crippen molar-refractivity contribution in [2.75, 3.05) is 18.5 Å². The number of rotatable bonds is 4. The topological polar surface area (TPSA) is 111 Å². The lowest BCUT2D eigenvalue weighted by Gasteiger charge is -2.18. The molecule has 0 aliphatic carbocycles. The van der Waals surface area contributed by atoms with Crippen molar-refractivity contribution in [1.29, 1.82) is 0 Å². The van der Waals surface area contributed by atoms with Crippen LogP contribution in [0.3, 0.4) is 0 Å². The van der Waals surface area contributed by atoms with E-state index in [4.69, 9.17) is 9.47 Å². The highest BCUT2D eigenvalue weighted by molar-refractivity contribution is 7.14. The van der Waals surface area contributed by atoms with Gasteiger partial charge in [0.15, 0.2) is 16.6 Å². The highest BCUT2D eigenvalue weighted by atomic mass is 32.1. The van der Waals surface area contributed by atoms with Crippen LogP contribution in [-0.4, -0.2) is 38.9 Å². The molecule has 2 aromatic carbocycles. The van der Waals surface area contributed by atoms with E-state index < -0.39 is 11.6 Å². The number of benzene rings is 2. The van der Waals surface area contributed by atoms with Crippen molar-refractivity contribution in [2.45, 2.75) is 0 Å². The second kappa shape index (κ2) is 7.48. The summed E-state index contributed by atoms with van der Waals surface area (Å²) in [6.07, 6.45) is 0.